The van der Waals surface area contributed by atoms with Gasteiger partial charge in [0.2, 0.25) is 0 Å². The Morgan fingerprint density at radius 2 is 1.70 bits per heavy atom. The van der Waals surface area contributed by atoms with Gasteiger partial charge in [-0.2, -0.15) is 0 Å². The highest BCUT2D eigenvalue weighted by atomic mass is 35.5. The molecule has 0 amide bonds. The molecule has 20 heavy (non-hydrogen) atoms. The Hall–Kier alpha value is -1.82. The summed E-state index contributed by atoms with van der Waals surface area (Å²) in [6.07, 6.45) is 1.23. The summed E-state index contributed by atoms with van der Waals surface area (Å²) in [6, 6.07) is 1.69. The molecule has 1 N–H and O–H groups in total. The molecule has 0 fully saturated rings. The third kappa shape index (κ3) is 2.85. The second-order valence-corrected chi connectivity index (χ2v) is 4.82. The van der Waals surface area contributed by atoms with Crippen LogP contribution >= 0.6 is 11.6 Å². The van der Waals surface area contributed by atoms with Gasteiger partial charge in [-0.15, -0.1) is 0 Å². The molecular weight excluding hydrogens is 291 g/mol. The summed E-state index contributed by atoms with van der Waals surface area (Å²) < 4.78 is 39.2. The van der Waals surface area contributed by atoms with Gasteiger partial charge in [-0.25, -0.2) is 23.1 Å². The molecule has 0 aliphatic carbocycles. The first-order valence-electron chi connectivity index (χ1n) is 5.82. The molecule has 0 saturated heterocycles. The molecule has 2 rings (SSSR count). The first-order chi connectivity index (χ1) is 9.40. The average Bonchev–Trinajstić information content (AvgIpc) is 2.35. The molecule has 1 aromatic carbocycles. The minimum Gasteiger partial charge on any atom is -0.340 e. The number of rotatable bonds is 3. The number of aromatic nitrogens is 2. The van der Waals surface area contributed by atoms with E-state index in [4.69, 9.17) is 11.6 Å². The van der Waals surface area contributed by atoms with E-state index >= 15 is 0 Å². The molecule has 0 bridgehead atoms. The molecule has 0 radical (unpaired) electrons. The molecule has 0 aliphatic rings. The van der Waals surface area contributed by atoms with Gasteiger partial charge in [0.15, 0.2) is 17.5 Å². The number of nitrogens with one attached hydrogen (secondary N) is 1. The summed E-state index contributed by atoms with van der Waals surface area (Å²) in [5, 5.41) is 2.97. The van der Waals surface area contributed by atoms with Gasteiger partial charge in [0.25, 0.3) is 0 Å². The van der Waals surface area contributed by atoms with Crippen molar-refractivity contribution in [2.75, 3.05) is 5.32 Å². The van der Waals surface area contributed by atoms with Gasteiger partial charge < -0.3 is 5.32 Å². The smallest absolute Gasteiger partial charge is 0.194 e. The Balaban J connectivity index is 2.43. The van der Waals surface area contributed by atoms with E-state index in [-0.39, 0.29) is 16.8 Å². The second kappa shape index (κ2) is 5.66. The van der Waals surface area contributed by atoms with Crippen LogP contribution in [0.1, 0.15) is 25.3 Å². The predicted octanol–water partition coefficient (Wildman–Crippen LogP) is 4.41. The quantitative estimate of drug-likeness (QED) is 0.674. The normalized spacial score (nSPS) is 10.9. The van der Waals surface area contributed by atoms with Crippen molar-refractivity contribution in [3.05, 3.63) is 46.6 Å². The van der Waals surface area contributed by atoms with E-state index in [1.165, 1.54) is 6.33 Å². The van der Waals surface area contributed by atoms with Gasteiger partial charge in [0, 0.05) is 23.4 Å². The van der Waals surface area contributed by atoms with Crippen LogP contribution in [0.2, 0.25) is 5.15 Å². The Bertz CT molecular complexity index is 624. The van der Waals surface area contributed by atoms with Crippen molar-refractivity contribution < 1.29 is 13.2 Å². The maximum absolute atomic E-state index is 13.2. The SMILES string of the molecule is CC(C)c1c(Cl)ncnc1Nc1cc(F)c(F)c(F)c1. The fraction of sp³-hybridized carbons (Fsp3) is 0.231. The van der Waals surface area contributed by atoms with Crippen LogP contribution in [0.15, 0.2) is 18.5 Å². The standard InChI is InChI=1S/C13H11ClF3N3/c1-6(2)10-12(14)18-5-19-13(10)20-7-3-8(15)11(17)9(16)4-7/h3-6H,1-2H3,(H,18,19,20). The van der Waals surface area contributed by atoms with Crippen molar-refractivity contribution >= 4 is 23.1 Å². The van der Waals surface area contributed by atoms with Crippen LogP contribution in [0.3, 0.4) is 0 Å². The van der Waals surface area contributed by atoms with E-state index in [1.54, 1.807) is 0 Å². The van der Waals surface area contributed by atoms with E-state index in [0.29, 0.717) is 11.4 Å². The second-order valence-electron chi connectivity index (χ2n) is 4.46. The summed E-state index contributed by atoms with van der Waals surface area (Å²) >= 11 is 5.98. The lowest BCUT2D eigenvalue weighted by atomic mass is 10.1. The molecule has 0 atom stereocenters. The van der Waals surface area contributed by atoms with Crippen LogP contribution in [0.5, 0.6) is 0 Å². The van der Waals surface area contributed by atoms with Crippen molar-refractivity contribution in [2.45, 2.75) is 19.8 Å². The van der Waals surface area contributed by atoms with E-state index in [0.717, 1.165) is 12.1 Å². The summed E-state index contributed by atoms with van der Waals surface area (Å²) in [6.45, 7) is 3.75. The van der Waals surface area contributed by atoms with Gasteiger partial charge in [0.1, 0.15) is 17.3 Å². The lowest BCUT2D eigenvalue weighted by molar-refractivity contribution is 0.448. The summed E-state index contributed by atoms with van der Waals surface area (Å²) in [4.78, 5) is 7.85. The summed E-state index contributed by atoms with van der Waals surface area (Å²) in [5.74, 6) is -3.75. The maximum atomic E-state index is 13.2. The minimum atomic E-state index is -1.51. The Labute approximate surface area is 118 Å². The largest absolute Gasteiger partial charge is 0.340 e. The molecule has 3 nitrogen and oxygen atoms in total. The Kier molecular flexibility index (Phi) is 4.13. The number of nitrogens with zero attached hydrogens (tertiary/aromatic N) is 2. The van der Waals surface area contributed by atoms with Crippen molar-refractivity contribution in [3.63, 3.8) is 0 Å². The zero-order valence-corrected chi connectivity index (χ0v) is 11.5. The van der Waals surface area contributed by atoms with Gasteiger partial charge in [-0.05, 0) is 5.92 Å². The molecule has 0 aliphatic heterocycles. The highest BCUT2D eigenvalue weighted by molar-refractivity contribution is 6.30. The minimum absolute atomic E-state index is 0.00124. The molecule has 1 aromatic heterocycles. The van der Waals surface area contributed by atoms with Gasteiger partial charge in [-0.3, -0.25) is 0 Å². The molecule has 2 aromatic rings. The molecule has 0 saturated carbocycles. The van der Waals surface area contributed by atoms with E-state index in [9.17, 15) is 13.2 Å². The number of anilines is 2. The molecule has 106 valence electrons. The third-order valence-corrected chi connectivity index (χ3v) is 2.96. The van der Waals surface area contributed by atoms with Crippen LogP contribution in [-0.2, 0) is 0 Å². The zero-order valence-electron chi connectivity index (χ0n) is 10.7. The van der Waals surface area contributed by atoms with Crippen molar-refractivity contribution in [2.24, 2.45) is 0 Å². The highest BCUT2D eigenvalue weighted by Gasteiger charge is 2.16. The van der Waals surface area contributed by atoms with E-state index in [1.807, 2.05) is 13.8 Å². The van der Waals surface area contributed by atoms with Crippen molar-refractivity contribution in [3.8, 4) is 0 Å². The molecule has 0 unspecified atom stereocenters. The van der Waals surface area contributed by atoms with Crippen LogP contribution in [0, 0.1) is 17.5 Å². The maximum Gasteiger partial charge on any atom is 0.194 e. The summed E-state index contributed by atoms with van der Waals surface area (Å²) in [7, 11) is 0. The van der Waals surface area contributed by atoms with Crippen LogP contribution in [-0.4, -0.2) is 9.97 Å². The molecule has 0 spiro atoms. The van der Waals surface area contributed by atoms with Crippen molar-refractivity contribution in [1.29, 1.82) is 0 Å². The van der Waals surface area contributed by atoms with Gasteiger partial charge in [0.05, 0.1) is 0 Å². The lowest BCUT2D eigenvalue weighted by Gasteiger charge is -2.14. The van der Waals surface area contributed by atoms with Crippen LogP contribution in [0.25, 0.3) is 0 Å². The van der Waals surface area contributed by atoms with Gasteiger partial charge >= 0.3 is 0 Å². The van der Waals surface area contributed by atoms with Gasteiger partial charge in [-0.1, -0.05) is 25.4 Å². The fourth-order valence-electron chi connectivity index (χ4n) is 1.75. The zero-order chi connectivity index (χ0) is 14.9. The van der Waals surface area contributed by atoms with E-state index in [2.05, 4.69) is 15.3 Å². The third-order valence-electron chi connectivity index (χ3n) is 2.66. The molecule has 1 heterocycles. The topological polar surface area (TPSA) is 37.8 Å². The number of hydrogen-bond donors (Lipinski definition) is 1. The predicted molar refractivity (Wildman–Crippen MR) is 70.7 cm³/mol. The molecular formula is C13H11ClF3N3. The number of halogens is 4. The monoisotopic (exact) mass is 301 g/mol. The average molecular weight is 302 g/mol. The summed E-state index contributed by atoms with van der Waals surface area (Å²) in [5.41, 5.74) is 0.650. The van der Waals surface area contributed by atoms with Crippen LogP contribution < -0.4 is 5.32 Å². The molecule has 7 heteroatoms. The number of hydrogen-bond acceptors (Lipinski definition) is 3. The van der Waals surface area contributed by atoms with Crippen LogP contribution in [0.4, 0.5) is 24.7 Å². The first kappa shape index (κ1) is 14.6. The Morgan fingerprint density at radius 1 is 1.10 bits per heavy atom. The Morgan fingerprint density at radius 3 is 2.25 bits per heavy atom. The van der Waals surface area contributed by atoms with E-state index < -0.39 is 17.5 Å². The lowest BCUT2D eigenvalue weighted by Crippen LogP contribution is -2.04. The number of benzene rings is 1. The first-order valence-corrected chi connectivity index (χ1v) is 6.20. The van der Waals surface area contributed by atoms with Crippen molar-refractivity contribution in [1.82, 2.24) is 9.97 Å². The fourth-order valence-corrected chi connectivity index (χ4v) is 2.10. The highest BCUT2D eigenvalue weighted by Crippen LogP contribution is 2.30.